The second-order valence-electron chi connectivity index (χ2n) is 6.43. The van der Waals surface area contributed by atoms with Crippen LogP contribution in [-0.4, -0.2) is 36.1 Å². The summed E-state index contributed by atoms with van der Waals surface area (Å²) in [4.78, 5) is 25.9. The number of rotatable bonds is 4. The van der Waals surface area contributed by atoms with Gasteiger partial charge < -0.3 is 15.3 Å². The molecule has 1 saturated heterocycles. The zero-order chi connectivity index (χ0) is 17.3. The highest BCUT2D eigenvalue weighted by molar-refractivity contribution is 6.09. The Kier molecular flexibility index (Phi) is 4.80. The van der Waals surface area contributed by atoms with E-state index in [0.29, 0.717) is 13.0 Å². The molecule has 1 aliphatic heterocycles. The fraction of sp³-hybridized carbons (Fsp3) is 0.529. The molecule has 2 aliphatic rings. The van der Waals surface area contributed by atoms with Crippen molar-refractivity contribution < 1.29 is 23.5 Å². The van der Waals surface area contributed by atoms with Crippen LogP contribution in [0.15, 0.2) is 18.2 Å². The molecule has 2 N–H and O–H groups in total. The number of anilines is 1. The van der Waals surface area contributed by atoms with Gasteiger partial charge in [0, 0.05) is 30.8 Å². The molecule has 1 aromatic rings. The molecular weight excluding hydrogens is 318 g/mol. The number of carbonyl (C=O) groups is 2. The summed E-state index contributed by atoms with van der Waals surface area (Å²) < 4.78 is 26.3. The highest BCUT2D eigenvalue weighted by Gasteiger charge is 2.38. The molecule has 2 fully saturated rings. The molecule has 130 valence electrons. The maximum Gasteiger partial charge on any atom is 0.239 e. The highest BCUT2D eigenvalue weighted by atomic mass is 19.2. The van der Waals surface area contributed by atoms with Gasteiger partial charge in [0.1, 0.15) is 5.92 Å². The number of benzene rings is 1. The van der Waals surface area contributed by atoms with E-state index >= 15 is 0 Å². The van der Waals surface area contributed by atoms with E-state index < -0.39 is 29.6 Å². The van der Waals surface area contributed by atoms with Crippen molar-refractivity contribution >= 4 is 17.5 Å². The monoisotopic (exact) mass is 338 g/mol. The van der Waals surface area contributed by atoms with Crippen molar-refractivity contribution in [3.8, 4) is 0 Å². The van der Waals surface area contributed by atoms with Crippen LogP contribution in [-0.2, 0) is 9.59 Å². The third kappa shape index (κ3) is 3.26. The SMILES string of the molecule is O=C(NCC1CCCC1O)C1CCN(c2ccc(F)c(F)c2)C1=O. The largest absolute Gasteiger partial charge is 0.393 e. The number of hydrogen-bond acceptors (Lipinski definition) is 3. The highest BCUT2D eigenvalue weighted by Crippen LogP contribution is 2.28. The summed E-state index contributed by atoms with van der Waals surface area (Å²) in [6.45, 7) is 0.642. The van der Waals surface area contributed by atoms with E-state index in [-0.39, 0.29) is 24.1 Å². The van der Waals surface area contributed by atoms with E-state index in [1.165, 1.54) is 11.0 Å². The van der Waals surface area contributed by atoms with Gasteiger partial charge in [0.25, 0.3) is 0 Å². The zero-order valence-corrected chi connectivity index (χ0v) is 13.2. The molecule has 7 heteroatoms. The molecule has 24 heavy (non-hydrogen) atoms. The molecule has 3 rings (SSSR count). The van der Waals surface area contributed by atoms with E-state index in [2.05, 4.69) is 5.32 Å². The Morgan fingerprint density at radius 1 is 1.25 bits per heavy atom. The summed E-state index contributed by atoms with van der Waals surface area (Å²) in [5.41, 5.74) is 0.250. The Morgan fingerprint density at radius 3 is 2.71 bits per heavy atom. The summed E-state index contributed by atoms with van der Waals surface area (Å²) in [5, 5.41) is 12.5. The number of carbonyl (C=O) groups excluding carboxylic acids is 2. The van der Waals surface area contributed by atoms with Crippen LogP contribution >= 0.6 is 0 Å². The smallest absolute Gasteiger partial charge is 0.239 e. The molecule has 3 unspecified atom stereocenters. The molecule has 0 radical (unpaired) electrons. The standard InChI is InChI=1S/C17H20F2N2O3/c18-13-5-4-11(8-14(13)19)21-7-6-12(17(21)24)16(23)20-9-10-2-1-3-15(10)22/h4-5,8,10,12,15,22H,1-3,6-7,9H2,(H,20,23). The molecule has 5 nitrogen and oxygen atoms in total. The van der Waals surface area contributed by atoms with Crippen LogP contribution < -0.4 is 10.2 Å². The van der Waals surface area contributed by atoms with Crippen molar-refractivity contribution in [2.75, 3.05) is 18.0 Å². The quantitative estimate of drug-likeness (QED) is 0.819. The summed E-state index contributed by atoms with van der Waals surface area (Å²) in [6, 6.07) is 3.25. The van der Waals surface area contributed by atoms with Crippen LogP contribution in [0.25, 0.3) is 0 Å². The molecular formula is C17H20F2N2O3. The Labute approximate surface area is 138 Å². The molecule has 1 saturated carbocycles. The second-order valence-corrected chi connectivity index (χ2v) is 6.43. The molecule has 1 aliphatic carbocycles. The van der Waals surface area contributed by atoms with Gasteiger partial charge in [-0.05, 0) is 31.4 Å². The topological polar surface area (TPSA) is 69.6 Å². The van der Waals surface area contributed by atoms with Gasteiger partial charge in [0.15, 0.2) is 11.6 Å². The first-order valence-corrected chi connectivity index (χ1v) is 8.19. The summed E-state index contributed by atoms with van der Waals surface area (Å²) in [6.07, 6.45) is 2.47. The van der Waals surface area contributed by atoms with Gasteiger partial charge in [-0.25, -0.2) is 8.78 Å². The van der Waals surface area contributed by atoms with E-state index in [1.54, 1.807) is 0 Å². The Hall–Kier alpha value is -2.02. The van der Waals surface area contributed by atoms with Gasteiger partial charge in [-0.2, -0.15) is 0 Å². The average molecular weight is 338 g/mol. The number of amides is 2. The van der Waals surface area contributed by atoms with Crippen LogP contribution in [0.1, 0.15) is 25.7 Å². The first kappa shape index (κ1) is 16.8. The van der Waals surface area contributed by atoms with Crippen LogP contribution in [0, 0.1) is 23.5 Å². The minimum absolute atomic E-state index is 0.0350. The van der Waals surface area contributed by atoms with Gasteiger partial charge in [-0.3, -0.25) is 9.59 Å². The number of halogens is 2. The fourth-order valence-electron chi connectivity index (χ4n) is 3.44. The number of nitrogens with zero attached hydrogens (tertiary/aromatic N) is 1. The minimum atomic E-state index is -1.02. The fourth-order valence-corrected chi connectivity index (χ4v) is 3.44. The molecule has 0 bridgehead atoms. The van der Waals surface area contributed by atoms with E-state index in [4.69, 9.17) is 0 Å². The summed E-state index contributed by atoms with van der Waals surface area (Å²) >= 11 is 0. The van der Waals surface area contributed by atoms with Crippen LogP contribution in [0.4, 0.5) is 14.5 Å². The minimum Gasteiger partial charge on any atom is -0.393 e. The third-order valence-electron chi connectivity index (χ3n) is 4.89. The lowest BCUT2D eigenvalue weighted by Gasteiger charge is -2.18. The molecule has 0 spiro atoms. The maximum atomic E-state index is 13.3. The Morgan fingerprint density at radius 2 is 2.04 bits per heavy atom. The molecule has 1 aromatic carbocycles. The molecule has 0 aromatic heterocycles. The van der Waals surface area contributed by atoms with Crippen molar-refractivity contribution in [2.24, 2.45) is 11.8 Å². The van der Waals surface area contributed by atoms with Crippen LogP contribution in [0.2, 0.25) is 0 Å². The third-order valence-corrected chi connectivity index (χ3v) is 4.89. The number of aliphatic hydroxyl groups excluding tert-OH is 1. The Bertz CT molecular complexity index is 653. The zero-order valence-electron chi connectivity index (χ0n) is 13.2. The number of aliphatic hydroxyl groups is 1. The lowest BCUT2D eigenvalue weighted by molar-refractivity contribution is -0.132. The van der Waals surface area contributed by atoms with Crippen molar-refractivity contribution in [1.82, 2.24) is 5.32 Å². The van der Waals surface area contributed by atoms with Gasteiger partial charge in [-0.1, -0.05) is 6.42 Å². The predicted octanol–water partition coefficient (Wildman–Crippen LogP) is 1.59. The van der Waals surface area contributed by atoms with Crippen molar-refractivity contribution in [3.05, 3.63) is 29.8 Å². The van der Waals surface area contributed by atoms with Crippen molar-refractivity contribution in [2.45, 2.75) is 31.8 Å². The van der Waals surface area contributed by atoms with Gasteiger partial charge in [0.05, 0.1) is 6.10 Å². The van der Waals surface area contributed by atoms with Crippen LogP contribution in [0.5, 0.6) is 0 Å². The normalized spacial score (nSPS) is 26.9. The lowest BCUT2D eigenvalue weighted by Crippen LogP contribution is -2.40. The predicted molar refractivity (Wildman–Crippen MR) is 83.2 cm³/mol. The maximum absolute atomic E-state index is 13.3. The van der Waals surface area contributed by atoms with Gasteiger partial charge >= 0.3 is 0 Å². The van der Waals surface area contributed by atoms with Crippen molar-refractivity contribution in [1.29, 1.82) is 0 Å². The molecule has 2 amide bonds. The summed E-state index contributed by atoms with van der Waals surface area (Å²) in [7, 11) is 0. The number of nitrogens with one attached hydrogen (secondary N) is 1. The van der Waals surface area contributed by atoms with Crippen molar-refractivity contribution in [3.63, 3.8) is 0 Å². The molecule has 3 atom stereocenters. The lowest BCUT2D eigenvalue weighted by atomic mass is 10.0. The van der Waals surface area contributed by atoms with E-state index in [9.17, 15) is 23.5 Å². The Balaban J connectivity index is 1.60. The number of hydrogen-bond donors (Lipinski definition) is 2. The van der Waals surface area contributed by atoms with Crippen LogP contribution in [0.3, 0.4) is 0 Å². The van der Waals surface area contributed by atoms with E-state index in [1.807, 2.05) is 0 Å². The van der Waals surface area contributed by atoms with E-state index in [0.717, 1.165) is 31.4 Å². The van der Waals surface area contributed by atoms with Gasteiger partial charge in [0.2, 0.25) is 11.8 Å². The van der Waals surface area contributed by atoms with Gasteiger partial charge in [-0.15, -0.1) is 0 Å². The first-order chi connectivity index (χ1) is 11.5. The molecule has 1 heterocycles. The summed E-state index contributed by atoms with van der Waals surface area (Å²) in [5.74, 6) is -3.57. The second kappa shape index (κ2) is 6.84. The average Bonchev–Trinajstić information content (AvgIpc) is 3.14. The first-order valence-electron chi connectivity index (χ1n) is 8.19.